The van der Waals surface area contributed by atoms with Gasteiger partial charge in [-0.1, -0.05) is 49.4 Å². The quantitative estimate of drug-likeness (QED) is 0.265. The normalized spacial score (nSPS) is 10.9. The summed E-state index contributed by atoms with van der Waals surface area (Å²) in [6.45, 7) is 4.78. The van der Waals surface area contributed by atoms with E-state index in [9.17, 15) is 10.1 Å². The van der Waals surface area contributed by atoms with E-state index in [1.165, 1.54) is 11.6 Å². The van der Waals surface area contributed by atoms with E-state index in [0.29, 0.717) is 40.4 Å². The zero-order valence-corrected chi connectivity index (χ0v) is 20.2. The summed E-state index contributed by atoms with van der Waals surface area (Å²) in [7, 11) is 0. The topological polar surface area (TPSA) is 71.3 Å². The minimum Gasteiger partial charge on any atom is -0.490 e. The number of nitrogens with zero attached hydrogens (tertiary/aromatic N) is 1. The van der Waals surface area contributed by atoms with Crippen molar-refractivity contribution in [2.75, 3.05) is 11.9 Å². The Bertz CT molecular complexity index is 1170. The van der Waals surface area contributed by atoms with E-state index in [2.05, 4.69) is 28.2 Å². The van der Waals surface area contributed by atoms with E-state index in [1.807, 2.05) is 67.6 Å². The van der Waals surface area contributed by atoms with Crippen molar-refractivity contribution in [3.63, 3.8) is 0 Å². The van der Waals surface area contributed by atoms with Crippen molar-refractivity contribution >= 4 is 33.6 Å². The number of nitriles is 1. The van der Waals surface area contributed by atoms with E-state index in [0.717, 1.165) is 12.0 Å². The molecule has 0 saturated heterocycles. The Morgan fingerprint density at radius 1 is 1.03 bits per heavy atom. The molecule has 0 saturated carbocycles. The molecule has 0 aliphatic rings. The fourth-order valence-electron chi connectivity index (χ4n) is 3.14. The molecule has 0 heterocycles. The smallest absolute Gasteiger partial charge is 0.266 e. The van der Waals surface area contributed by atoms with E-state index in [1.54, 1.807) is 12.1 Å². The van der Waals surface area contributed by atoms with Gasteiger partial charge in [0.15, 0.2) is 11.5 Å². The van der Waals surface area contributed by atoms with Crippen LogP contribution in [0.2, 0.25) is 0 Å². The first-order valence-corrected chi connectivity index (χ1v) is 11.5. The minimum absolute atomic E-state index is 0.0122. The molecular formula is C27H25BrN2O3. The standard InChI is InChI=1S/C27H25BrN2O3/c1-3-19-10-12-23(13-11-19)30-27(31)22(17-29)14-21-15-24(28)26(25(16-21)32-4-2)33-18-20-8-6-5-7-9-20/h5-16H,3-4,18H2,1-2H3,(H,30,31)/b22-14-. The van der Waals surface area contributed by atoms with Gasteiger partial charge in [-0.25, -0.2) is 0 Å². The Morgan fingerprint density at radius 3 is 2.39 bits per heavy atom. The van der Waals surface area contributed by atoms with Crippen LogP contribution in [0.1, 0.15) is 30.5 Å². The summed E-state index contributed by atoms with van der Waals surface area (Å²) in [4.78, 5) is 12.7. The molecule has 3 rings (SSSR count). The molecule has 1 N–H and O–H groups in total. The highest BCUT2D eigenvalue weighted by Gasteiger charge is 2.15. The number of halogens is 1. The summed E-state index contributed by atoms with van der Waals surface area (Å²) in [6.07, 6.45) is 2.45. The van der Waals surface area contributed by atoms with Crippen LogP contribution in [0, 0.1) is 11.3 Å². The molecule has 0 fully saturated rings. The fraction of sp³-hybridized carbons (Fsp3) is 0.185. The molecule has 0 aliphatic heterocycles. The zero-order chi connectivity index (χ0) is 23.6. The van der Waals surface area contributed by atoms with Crippen LogP contribution < -0.4 is 14.8 Å². The number of carbonyl (C=O) groups is 1. The summed E-state index contributed by atoms with van der Waals surface area (Å²) >= 11 is 3.54. The van der Waals surface area contributed by atoms with Crippen molar-refractivity contribution in [3.8, 4) is 17.6 Å². The number of anilines is 1. The predicted molar refractivity (Wildman–Crippen MR) is 134 cm³/mol. The van der Waals surface area contributed by atoms with Crippen molar-refractivity contribution in [2.45, 2.75) is 26.9 Å². The Labute approximate surface area is 202 Å². The molecular weight excluding hydrogens is 480 g/mol. The lowest BCUT2D eigenvalue weighted by atomic mass is 10.1. The molecule has 33 heavy (non-hydrogen) atoms. The number of hydrogen-bond acceptors (Lipinski definition) is 4. The van der Waals surface area contributed by atoms with Gasteiger partial charge in [-0.05, 0) is 76.3 Å². The Balaban J connectivity index is 1.82. The number of carbonyl (C=O) groups excluding carboxylic acids is 1. The molecule has 3 aromatic carbocycles. The monoisotopic (exact) mass is 504 g/mol. The van der Waals surface area contributed by atoms with Crippen LogP contribution in [-0.2, 0) is 17.8 Å². The van der Waals surface area contributed by atoms with Crippen molar-refractivity contribution in [3.05, 3.63) is 93.5 Å². The van der Waals surface area contributed by atoms with Crippen molar-refractivity contribution in [1.82, 2.24) is 0 Å². The highest BCUT2D eigenvalue weighted by molar-refractivity contribution is 9.10. The van der Waals surface area contributed by atoms with Gasteiger partial charge in [-0.2, -0.15) is 5.26 Å². The molecule has 0 atom stereocenters. The summed E-state index contributed by atoms with van der Waals surface area (Å²) in [6, 6.07) is 22.9. The van der Waals surface area contributed by atoms with Gasteiger partial charge in [0, 0.05) is 5.69 Å². The van der Waals surface area contributed by atoms with Crippen molar-refractivity contribution in [1.29, 1.82) is 5.26 Å². The first-order chi connectivity index (χ1) is 16.0. The molecule has 6 heteroatoms. The summed E-state index contributed by atoms with van der Waals surface area (Å²) in [5.41, 5.74) is 3.48. The van der Waals surface area contributed by atoms with Crippen molar-refractivity contribution in [2.24, 2.45) is 0 Å². The maximum atomic E-state index is 12.7. The number of ether oxygens (including phenoxy) is 2. The van der Waals surface area contributed by atoms with Gasteiger partial charge in [-0.15, -0.1) is 0 Å². The number of amides is 1. The van der Waals surface area contributed by atoms with Gasteiger partial charge in [0.05, 0.1) is 11.1 Å². The molecule has 0 aliphatic carbocycles. The van der Waals surface area contributed by atoms with Gasteiger partial charge >= 0.3 is 0 Å². The number of nitrogens with one attached hydrogen (secondary N) is 1. The zero-order valence-electron chi connectivity index (χ0n) is 18.6. The fourth-order valence-corrected chi connectivity index (χ4v) is 3.72. The van der Waals surface area contributed by atoms with E-state index < -0.39 is 5.91 Å². The molecule has 168 valence electrons. The average molecular weight is 505 g/mol. The summed E-state index contributed by atoms with van der Waals surface area (Å²) in [5, 5.41) is 12.3. The molecule has 1 amide bonds. The molecule has 0 bridgehead atoms. The lowest BCUT2D eigenvalue weighted by molar-refractivity contribution is -0.112. The number of rotatable bonds is 9. The third kappa shape index (κ3) is 6.71. The van der Waals surface area contributed by atoms with Gasteiger partial charge in [-0.3, -0.25) is 4.79 Å². The molecule has 0 aromatic heterocycles. The van der Waals surface area contributed by atoms with Gasteiger partial charge in [0.1, 0.15) is 18.2 Å². The second kappa shape index (κ2) is 11.9. The minimum atomic E-state index is -0.472. The van der Waals surface area contributed by atoms with Crippen LogP contribution in [0.15, 0.2) is 76.8 Å². The van der Waals surface area contributed by atoms with Crippen LogP contribution in [0.25, 0.3) is 6.08 Å². The lowest BCUT2D eigenvalue weighted by Gasteiger charge is -2.15. The highest BCUT2D eigenvalue weighted by Crippen LogP contribution is 2.38. The number of aryl methyl sites for hydroxylation is 1. The van der Waals surface area contributed by atoms with E-state index in [-0.39, 0.29) is 5.57 Å². The summed E-state index contributed by atoms with van der Waals surface area (Å²) in [5.74, 6) is 0.624. The molecule has 5 nitrogen and oxygen atoms in total. The first kappa shape index (κ1) is 24.1. The Kier molecular flexibility index (Phi) is 8.68. The number of hydrogen-bond donors (Lipinski definition) is 1. The highest BCUT2D eigenvalue weighted by atomic mass is 79.9. The van der Waals surface area contributed by atoms with Gasteiger partial charge < -0.3 is 14.8 Å². The van der Waals surface area contributed by atoms with Crippen LogP contribution in [0.4, 0.5) is 5.69 Å². The van der Waals surface area contributed by atoms with Crippen LogP contribution in [-0.4, -0.2) is 12.5 Å². The lowest BCUT2D eigenvalue weighted by Crippen LogP contribution is -2.13. The van der Waals surface area contributed by atoms with Crippen LogP contribution >= 0.6 is 15.9 Å². The number of benzene rings is 3. The first-order valence-electron chi connectivity index (χ1n) is 10.7. The Hall–Kier alpha value is -3.56. The van der Waals surface area contributed by atoms with Crippen molar-refractivity contribution < 1.29 is 14.3 Å². The molecule has 3 aromatic rings. The second-order valence-corrected chi connectivity index (χ2v) is 8.07. The maximum absolute atomic E-state index is 12.7. The molecule has 0 radical (unpaired) electrons. The maximum Gasteiger partial charge on any atom is 0.266 e. The predicted octanol–water partition coefficient (Wildman–Crippen LogP) is 6.53. The summed E-state index contributed by atoms with van der Waals surface area (Å²) < 4.78 is 12.4. The van der Waals surface area contributed by atoms with Crippen LogP contribution in [0.5, 0.6) is 11.5 Å². The van der Waals surface area contributed by atoms with Gasteiger partial charge in [0.25, 0.3) is 5.91 Å². The molecule has 0 spiro atoms. The average Bonchev–Trinajstić information content (AvgIpc) is 2.83. The third-order valence-corrected chi connectivity index (χ3v) is 5.44. The largest absolute Gasteiger partial charge is 0.490 e. The van der Waals surface area contributed by atoms with Gasteiger partial charge in [0.2, 0.25) is 0 Å². The third-order valence-electron chi connectivity index (χ3n) is 4.85. The SMILES string of the molecule is CCOc1cc(/C=C(/C#N)C(=O)Nc2ccc(CC)cc2)cc(Br)c1OCc1ccccc1. The van der Waals surface area contributed by atoms with E-state index >= 15 is 0 Å². The second-order valence-electron chi connectivity index (χ2n) is 7.21. The molecule has 0 unspecified atom stereocenters. The van der Waals surface area contributed by atoms with E-state index in [4.69, 9.17) is 9.47 Å². The van der Waals surface area contributed by atoms with Crippen LogP contribution in [0.3, 0.4) is 0 Å². The Morgan fingerprint density at radius 2 is 1.76 bits per heavy atom.